The van der Waals surface area contributed by atoms with Crippen molar-refractivity contribution in [2.75, 3.05) is 6.26 Å². The molecule has 108 valence electrons. The summed E-state index contributed by atoms with van der Waals surface area (Å²) in [6, 6.07) is 2.63. The Balaban J connectivity index is 3.70. The third-order valence-electron chi connectivity index (χ3n) is 2.62. The first-order valence-corrected chi connectivity index (χ1v) is 11.4. The molecule has 0 amide bonds. The van der Waals surface area contributed by atoms with Gasteiger partial charge in [0.25, 0.3) is 0 Å². The monoisotopic (exact) mass is 310 g/mol. The summed E-state index contributed by atoms with van der Waals surface area (Å²) in [5.41, 5.74) is 3.87. The highest BCUT2D eigenvalue weighted by Crippen LogP contribution is 2.22. The molecule has 0 aliphatic rings. The normalized spacial score (nSPS) is 11.7. The molecule has 0 aliphatic carbocycles. The van der Waals surface area contributed by atoms with E-state index in [1.54, 1.807) is 6.92 Å². The topological polar surface area (TPSA) is 71.4 Å². The molecule has 1 aromatic rings. The zero-order valence-electron chi connectivity index (χ0n) is 12.2. The fourth-order valence-corrected chi connectivity index (χ4v) is 3.02. The van der Waals surface area contributed by atoms with Crippen molar-refractivity contribution in [3.8, 4) is 11.5 Å². The minimum Gasteiger partial charge on any atom is -0.478 e. The van der Waals surface area contributed by atoms with E-state index in [1.807, 2.05) is 19.6 Å². The van der Waals surface area contributed by atoms with E-state index in [2.05, 4.69) is 11.5 Å². The van der Waals surface area contributed by atoms with Gasteiger partial charge in [0.2, 0.25) is 0 Å². The average Bonchev–Trinajstić information content (AvgIpc) is 2.23. The average molecular weight is 310 g/mol. The Morgan fingerprint density at radius 2 is 1.80 bits per heavy atom. The molecular weight excluding hydrogens is 292 g/mol. The van der Waals surface area contributed by atoms with Crippen molar-refractivity contribution in [3.63, 3.8) is 0 Å². The Morgan fingerprint density at radius 1 is 1.25 bits per heavy atom. The highest BCUT2D eigenvalue weighted by atomic mass is 32.2. The summed E-state index contributed by atoms with van der Waals surface area (Å²) in [5, 5.41) is 9.12. The van der Waals surface area contributed by atoms with E-state index in [9.17, 15) is 13.2 Å². The fraction of sp³-hybridized carbons (Fsp3) is 0.357. The van der Waals surface area contributed by atoms with Gasteiger partial charge >= 0.3 is 5.97 Å². The Bertz CT molecular complexity index is 716. The van der Waals surface area contributed by atoms with Crippen LogP contribution in [0.5, 0.6) is 0 Å². The largest absolute Gasteiger partial charge is 0.478 e. The summed E-state index contributed by atoms with van der Waals surface area (Å²) < 4.78 is 23.6. The van der Waals surface area contributed by atoms with Crippen LogP contribution in [0.1, 0.15) is 21.5 Å². The molecule has 0 aromatic heterocycles. The van der Waals surface area contributed by atoms with Crippen LogP contribution in [0.15, 0.2) is 17.0 Å². The quantitative estimate of drug-likeness (QED) is 0.672. The lowest BCUT2D eigenvalue weighted by molar-refractivity contribution is 0.0696. The van der Waals surface area contributed by atoms with Gasteiger partial charge in [-0.15, -0.1) is 5.54 Å². The first-order chi connectivity index (χ1) is 8.93. The van der Waals surface area contributed by atoms with Gasteiger partial charge in [-0.3, -0.25) is 0 Å². The van der Waals surface area contributed by atoms with Crippen LogP contribution in [-0.2, 0) is 9.84 Å². The molecule has 0 saturated carbocycles. The van der Waals surface area contributed by atoms with Gasteiger partial charge in [0, 0.05) is 11.8 Å². The van der Waals surface area contributed by atoms with Crippen LogP contribution in [-0.4, -0.2) is 33.8 Å². The molecule has 0 heterocycles. The molecule has 4 nitrogen and oxygen atoms in total. The number of carboxylic acid groups (broad SMARTS) is 1. The zero-order valence-corrected chi connectivity index (χ0v) is 14.1. The predicted molar refractivity (Wildman–Crippen MR) is 81.5 cm³/mol. The van der Waals surface area contributed by atoms with Crippen LogP contribution < -0.4 is 0 Å². The first kappa shape index (κ1) is 16.5. The molecule has 0 spiro atoms. The summed E-state index contributed by atoms with van der Waals surface area (Å²) in [6.07, 6.45) is 1.10. The maximum Gasteiger partial charge on any atom is 0.335 e. The van der Waals surface area contributed by atoms with E-state index >= 15 is 0 Å². The third-order valence-corrected chi connectivity index (χ3v) is 4.63. The molecule has 1 aromatic carbocycles. The van der Waals surface area contributed by atoms with Crippen molar-refractivity contribution >= 4 is 23.9 Å². The predicted octanol–water partition coefficient (Wildman–Crippen LogP) is 2.33. The first-order valence-electron chi connectivity index (χ1n) is 6.03. The second-order valence-electron chi connectivity index (χ2n) is 5.69. The van der Waals surface area contributed by atoms with Crippen LogP contribution in [0.3, 0.4) is 0 Å². The smallest absolute Gasteiger partial charge is 0.335 e. The standard InChI is InChI=1S/C14H18O4SSi/c1-10-11(8-9-20(3,4)5)13(19(2,17)18)7-6-12(10)14(15)16/h6-7H,1-5H3,(H,15,16). The fourth-order valence-electron chi connectivity index (χ4n) is 1.63. The van der Waals surface area contributed by atoms with Crippen molar-refractivity contribution in [3.05, 3.63) is 28.8 Å². The van der Waals surface area contributed by atoms with Crippen LogP contribution in [0.4, 0.5) is 0 Å². The molecule has 0 aliphatic heterocycles. The lowest BCUT2D eigenvalue weighted by Crippen LogP contribution is -2.17. The Labute approximate surface area is 120 Å². The highest BCUT2D eigenvalue weighted by Gasteiger charge is 2.19. The Morgan fingerprint density at radius 3 is 2.20 bits per heavy atom. The molecule has 0 unspecified atom stereocenters. The minimum atomic E-state index is -3.45. The van der Waals surface area contributed by atoms with E-state index in [-0.39, 0.29) is 10.5 Å². The Kier molecular flexibility index (Phi) is 4.47. The van der Waals surface area contributed by atoms with Gasteiger partial charge in [-0.05, 0) is 24.6 Å². The third kappa shape index (κ3) is 3.95. The molecule has 6 heteroatoms. The van der Waals surface area contributed by atoms with Crippen molar-refractivity contribution in [2.45, 2.75) is 31.5 Å². The summed E-state index contributed by atoms with van der Waals surface area (Å²) in [4.78, 5) is 11.2. The lowest BCUT2D eigenvalue weighted by Gasteiger charge is -2.10. The zero-order chi connectivity index (χ0) is 15.7. The van der Waals surface area contributed by atoms with Crippen molar-refractivity contribution in [1.29, 1.82) is 0 Å². The van der Waals surface area contributed by atoms with Gasteiger partial charge in [-0.1, -0.05) is 25.6 Å². The van der Waals surface area contributed by atoms with E-state index in [1.165, 1.54) is 12.1 Å². The number of hydrogen-bond donors (Lipinski definition) is 1. The van der Waals surface area contributed by atoms with Crippen molar-refractivity contribution in [2.24, 2.45) is 0 Å². The highest BCUT2D eigenvalue weighted by molar-refractivity contribution is 7.90. The number of rotatable bonds is 2. The van der Waals surface area contributed by atoms with Crippen LogP contribution in [0.2, 0.25) is 19.6 Å². The molecule has 0 atom stereocenters. The van der Waals surface area contributed by atoms with Gasteiger partial charge in [0.1, 0.15) is 8.07 Å². The molecular formula is C14H18O4SSi. The molecule has 0 radical (unpaired) electrons. The number of aromatic carboxylic acids is 1. The number of hydrogen-bond acceptors (Lipinski definition) is 3. The number of sulfone groups is 1. The van der Waals surface area contributed by atoms with Gasteiger partial charge in [0.05, 0.1) is 10.5 Å². The van der Waals surface area contributed by atoms with E-state index in [0.717, 1.165) is 6.26 Å². The number of benzene rings is 1. The summed E-state index contributed by atoms with van der Waals surface area (Å²) in [5.74, 6) is 1.81. The lowest BCUT2D eigenvalue weighted by atomic mass is 10.0. The van der Waals surface area contributed by atoms with Gasteiger partial charge in [0.15, 0.2) is 9.84 Å². The second kappa shape index (κ2) is 5.42. The number of carbonyl (C=O) groups is 1. The minimum absolute atomic E-state index is 0.0808. The molecule has 0 fully saturated rings. The maximum atomic E-state index is 11.8. The maximum absolute atomic E-state index is 11.8. The molecule has 1 N–H and O–H groups in total. The second-order valence-corrected chi connectivity index (χ2v) is 12.4. The van der Waals surface area contributed by atoms with Gasteiger partial charge in [-0.25, -0.2) is 13.2 Å². The van der Waals surface area contributed by atoms with E-state index in [4.69, 9.17) is 5.11 Å². The SMILES string of the molecule is Cc1c(C(=O)O)ccc(S(C)(=O)=O)c1C#C[Si](C)(C)C. The van der Waals surface area contributed by atoms with E-state index < -0.39 is 23.9 Å². The molecule has 1 rings (SSSR count). The van der Waals surface area contributed by atoms with Crippen LogP contribution in [0, 0.1) is 18.4 Å². The summed E-state index contributed by atoms with van der Waals surface area (Å²) in [6.45, 7) is 7.70. The summed E-state index contributed by atoms with van der Waals surface area (Å²) in [7, 11) is -5.14. The van der Waals surface area contributed by atoms with Crippen molar-refractivity contribution in [1.82, 2.24) is 0 Å². The van der Waals surface area contributed by atoms with Crippen LogP contribution >= 0.6 is 0 Å². The van der Waals surface area contributed by atoms with Crippen LogP contribution in [0.25, 0.3) is 0 Å². The number of carboxylic acids is 1. The molecule has 0 bridgehead atoms. The molecule has 20 heavy (non-hydrogen) atoms. The van der Waals surface area contributed by atoms with E-state index in [0.29, 0.717) is 11.1 Å². The van der Waals surface area contributed by atoms with Gasteiger partial charge < -0.3 is 5.11 Å². The van der Waals surface area contributed by atoms with Crippen molar-refractivity contribution < 1.29 is 18.3 Å². The molecule has 0 saturated heterocycles. The summed E-state index contributed by atoms with van der Waals surface area (Å²) >= 11 is 0. The van der Waals surface area contributed by atoms with Gasteiger partial charge in [-0.2, -0.15) is 0 Å². The Hall–Kier alpha value is -1.58.